The predicted octanol–water partition coefficient (Wildman–Crippen LogP) is 3.78. The van der Waals surface area contributed by atoms with Crippen molar-refractivity contribution in [2.75, 3.05) is 20.2 Å². The van der Waals surface area contributed by atoms with E-state index in [0.717, 1.165) is 43.0 Å². The zero-order valence-corrected chi connectivity index (χ0v) is 20.7. The Morgan fingerprint density at radius 2 is 2.00 bits per heavy atom. The quantitative estimate of drug-likeness (QED) is 0.303. The Balaban J connectivity index is 0.00000363. The van der Waals surface area contributed by atoms with E-state index in [9.17, 15) is 13.2 Å². The maximum atomic E-state index is 12.5. The van der Waals surface area contributed by atoms with E-state index in [1.54, 1.807) is 19.2 Å². The fourth-order valence-corrected chi connectivity index (χ4v) is 3.52. The lowest BCUT2D eigenvalue weighted by molar-refractivity contribution is -0.153. The molecule has 0 saturated carbocycles. The smallest absolute Gasteiger partial charge is 0.422 e. The number of nitrogens with zero attached hydrogens (tertiary/aromatic N) is 4. The van der Waals surface area contributed by atoms with Gasteiger partial charge < -0.3 is 19.9 Å². The molecule has 11 heteroatoms. The highest BCUT2D eigenvalue weighted by Crippen LogP contribution is 2.23. The van der Waals surface area contributed by atoms with Crippen molar-refractivity contribution in [3.8, 4) is 5.75 Å². The van der Waals surface area contributed by atoms with Gasteiger partial charge in [-0.15, -0.1) is 34.2 Å². The van der Waals surface area contributed by atoms with Crippen LogP contribution in [0.3, 0.4) is 0 Å². The molecule has 2 aromatic rings. The van der Waals surface area contributed by atoms with Crippen molar-refractivity contribution in [3.63, 3.8) is 0 Å². The van der Waals surface area contributed by atoms with Gasteiger partial charge in [-0.05, 0) is 31.4 Å². The summed E-state index contributed by atoms with van der Waals surface area (Å²) in [5.41, 5.74) is 1.46. The van der Waals surface area contributed by atoms with Crippen LogP contribution in [0.25, 0.3) is 0 Å². The van der Waals surface area contributed by atoms with Crippen LogP contribution >= 0.6 is 24.0 Å². The number of alkyl halides is 3. The van der Waals surface area contributed by atoms with Crippen molar-refractivity contribution in [3.05, 3.63) is 41.0 Å². The van der Waals surface area contributed by atoms with Crippen molar-refractivity contribution in [2.45, 2.75) is 58.3 Å². The monoisotopic (exact) mass is 566 g/mol. The molecule has 3 rings (SSSR count). The van der Waals surface area contributed by atoms with Crippen molar-refractivity contribution < 1.29 is 17.9 Å². The molecule has 2 heterocycles. The topological polar surface area (TPSA) is 76.4 Å². The average Bonchev–Trinajstić information content (AvgIpc) is 2.95. The summed E-state index contributed by atoms with van der Waals surface area (Å²) < 4.78 is 44.8. The number of benzene rings is 1. The molecule has 0 amide bonds. The van der Waals surface area contributed by atoms with Crippen molar-refractivity contribution >= 4 is 29.9 Å². The summed E-state index contributed by atoms with van der Waals surface area (Å²) in [5, 5.41) is 15.0. The largest absolute Gasteiger partial charge is 0.484 e. The number of aromatic nitrogens is 3. The minimum absolute atomic E-state index is 0. The lowest BCUT2D eigenvalue weighted by Crippen LogP contribution is -2.38. The first-order chi connectivity index (χ1) is 14.9. The summed E-state index contributed by atoms with van der Waals surface area (Å²) in [4.78, 5) is 4.19. The van der Waals surface area contributed by atoms with E-state index in [0.29, 0.717) is 24.5 Å². The lowest BCUT2D eigenvalue weighted by Gasteiger charge is -2.16. The zero-order valence-electron chi connectivity index (χ0n) is 18.3. The Hall–Kier alpha value is -2.05. The normalized spacial score (nSPS) is 14.2. The summed E-state index contributed by atoms with van der Waals surface area (Å²) in [6, 6.07) is 5.20. The summed E-state index contributed by atoms with van der Waals surface area (Å²) in [6.45, 7) is 2.35. The van der Waals surface area contributed by atoms with Gasteiger partial charge >= 0.3 is 6.18 Å². The van der Waals surface area contributed by atoms with E-state index in [1.807, 2.05) is 13.0 Å². The molecule has 0 bridgehead atoms. The molecule has 0 saturated heterocycles. The van der Waals surface area contributed by atoms with Crippen LogP contribution in [0.2, 0.25) is 0 Å². The molecule has 0 spiro atoms. The highest BCUT2D eigenvalue weighted by Gasteiger charge is 2.28. The predicted molar refractivity (Wildman–Crippen MR) is 128 cm³/mol. The molecule has 0 aliphatic carbocycles. The summed E-state index contributed by atoms with van der Waals surface area (Å²) >= 11 is 0. The van der Waals surface area contributed by atoms with E-state index < -0.39 is 12.8 Å². The van der Waals surface area contributed by atoms with Crippen LogP contribution in [-0.4, -0.2) is 47.1 Å². The van der Waals surface area contributed by atoms with Crippen LogP contribution in [0.1, 0.15) is 42.0 Å². The average molecular weight is 566 g/mol. The molecular formula is C21H30F3IN6O. The molecule has 0 atom stereocenters. The summed E-state index contributed by atoms with van der Waals surface area (Å²) in [7, 11) is 1.65. The van der Waals surface area contributed by atoms with E-state index in [-0.39, 0.29) is 36.3 Å². The lowest BCUT2D eigenvalue weighted by atomic mass is 10.1. The number of guanidine groups is 1. The third-order valence-corrected chi connectivity index (χ3v) is 5.11. The van der Waals surface area contributed by atoms with Crippen LogP contribution in [0.5, 0.6) is 5.75 Å². The second kappa shape index (κ2) is 12.3. The van der Waals surface area contributed by atoms with Gasteiger partial charge in [-0.1, -0.05) is 18.6 Å². The van der Waals surface area contributed by atoms with E-state index in [1.165, 1.54) is 6.42 Å². The Morgan fingerprint density at radius 3 is 2.75 bits per heavy atom. The van der Waals surface area contributed by atoms with Crippen LogP contribution in [0.15, 0.2) is 23.2 Å². The SMILES string of the molecule is CN=C(NCCc1nnc2n1CCCCC2)NCc1ccc(C)cc1OCC(F)(F)F.I. The molecule has 0 fully saturated rings. The van der Waals surface area contributed by atoms with E-state index in [4.69, 9.17) is 4.74 Å². The van der Waals surface area contributed by atoms with Crippen LogP contribution in [-0.2, 0) is 25.9 Å². The fourth-order valence-electron chi connectivity index (χ4n) is 3.52. The summed E-state index contributed by atoms with van der Waals surface area (Å²) in [5.74, 6) is 2.78. The van der Waals surface area contributed by atoms with Crippen molar-refractivity contribution in [1.29, 1.82) is 0 Å². The second-order valence-electron chi connectivity index (χ2n) is 7.61. The number of aliphatic imine (C=N–C) groups is 1. The van der Waals surface area contributed by atoms with Crippen LogP contribution in [0, 0.1) is 6.92 Å². The first kappa shape index (κ1) is 26.2. The molecule has 0 radical (unpaired) electrons. The number of fused-ring (bicyclic) bond motifs is 1. The number of aryl methyl sites for hydroxylation is 2. The molecule has 32 heavy (non-hydrogen) atoms. The van der Waals surface area contributed by atoms with Gasteiger partial charge in [0, 0.05) is 45.1 Å². The zero-order chi connectivity index (χ0) is 22.3. The molecule has 7 nitrogen and oxygen atoms in total. The number of hydrogen-bond acceptors (Lipinski definition) is 4. The van der Waals surface area contributed by atoms with Crippen molar-refractivity contribution in [2.24, 2.45) is 4.99 Å². The Bertz CT molecular complexity index is 900. The van der Waals surface area contributed by atoms with E-state index >= 15 is 0 Å². The maximum absolute atomic E-state index is 12.5. The second-order valence-corrected chi connectivity index (χ2v) is 7.61. The first-order valence-corrected chi connectivity index (χ1v) is 10.5. The number of halogens is 4. The van der Waals surface area contributed by atoms with Crippen LogP contribution < -0.4 is 15.4 Å². The van der Waals surface area contributed by atoms with E-state index in [2.05, 4.69) is 30.4 Å². The molecule has 1 aromatic heterocycles. The number of nitrogens with one attached hydrogen (secondary N) is 2. The highest BCUT2D eigenvalue weighted by molar-refractivity contribution is 14.0. The van der Waals surface area contributed by atoms with Gasteiger partial charge in [-0.2, -0.15) is 13.2 Å². The molecule has 1 aromatic carbocycles. The Morgan fingerprint density at radius 1 is 1.19 bits per heavy atom. The number of ether oxygens (including phenoxy) is 1. The molecule has 0 unspecified atom stereocenters. The maximum Gasteiger partial charge on any atom is 0.422 e. The molecule has 178 valence electrons. The number of rotatable bonds is 7. The minimum Gasteiger partial charge on any atom is -0.484 e. The van der Waals surface area contributed by atoms with Crippen molar-refractivity contribution in [1.82, 2.24) is 25.4 Å². The molecule has 1 aliphatic rings. The van der Waals surface area contributed by atoms with Gasteiger partial charge in [0.1, 0.15) is 17.4 Å². The standard InChI is InChI=1S/C21H29F3N6O.HI/c1-15-7-8-16(17(12-15)31-14-21(22,23)24)13-27-20(25-2)26-10-9-19-29-28-18-6-4-3-5-11-30(18)19;/h7-8,12H,3-6,9-11,13-14H2,1-2H3,(H2,25,26,27);1H. The van der Waals surface area contributed by atoms with Gasteiger partial charge in [0.05, 0.1) is 0 Å². The minimum atomic E-state index is -4.38. The molecule has 2 N–H and O–H groups in total. The number of hydrogen-bond donors (Lipinski definition) is 2. The Labute approximate surface area is 203 Å². The first-order valence-electron chi connectivity index (χ1n) is 10.5. The molecular weight excluding hydrogens is 536 g/mol. The van der Waals surface area contributed by atoms with Gasteiger partial charge in [0.15, 0.2) is 12.6 Å². The fraction of sp³-hybridized carbons (Fsp3) is 0.571. The van der Waals surface area contributed by atoms with Gasteiger partial charge in [-0.3, -0.25) is 4.99 Å². The van der Waals surface area contributed by atoms with Gasteiger partial charge in [0.2, 0.25) is 0 Å². The summed E-state index contributed by atoms with van der Waals surface area (Å²) in [6.07, 6.45) is 0.805. The third-order valence-electron chi connectivity index (χ3n) is 5.11. The molecule has 1 aliphatic heterocycles. The third kappa shape index (κ3) is 7.82. The van der Waals surface area contributed by atoms with Gasteiger partial charge in [-0.25, -0.2) is 0 Å². The Kier molecular flexibility index (Phi) is 10.0. The van der Waals surface area contributed by atoms with Crippen LogP contribution in [0.4, 0.5) is 13.2 Å². The van der Waals surface area contributed by atoms with Gasteiger partial charge in [0.25, 0.3) is 0 Å². The highest BCUT2D eigenvalue weighted by atomic mass is 127.